The van der Waals surface area contributed by atoms with Gasteiger partial charge in [0.25, 0.3) is 0 Å². The smallest absolute Gasteiger partial charge is 0.330 e. The summed E-state index contributed by atoms with van der Waals surface area (Å²) in [5, 5.41) is 3.58. The molecule has 0 aliphatic heterocycles. The molecule has 116 valence electrons. The summed E-state index contributed by atoms with van der Waals surface area (Å²) in [4.78, 5) is 12.4. The Balaban J connectivity index is 2.33. The Kier molecular flexibility index (Phi) is 5.04. The average molecular weight is 289 g/mol. The Labute approximate surface area is 128 Å². The number of ether oxygens (including phenoxy) is 1. The standard InChI is InChI=1S/C18H27NO2/c1-13-10-14(2)12-15(11-13)18(3,17(20)21-4)19-16-8-6-5-7-9-16/h10-12,16,19H,5-9H2,1-4H3. The molecule has 1 atom stereocenters. The molecule has 0 amide bonds. The van der Waals surface area contributed by atoms with Gasteiger partial charge in [0.2, 0.25) is 0 Å². The highest BCUT2D eigenvalue weighted by Crippen LogP contribution is 2.28. The van der Waals surface area contributed by atoms with Gasteiger partial charge < -0.3 is 4.74 Å². The number of rotatable bonds is 4. The fraction of sp³-hybridized carbons (Fsp3) is 0.611. The van der Waals surface area contributed by atoms with Crippen LogP contribution >= 0.6 is 0 Å². The van der Waals surface area contributed by atoms with Crippen LogP contribution in [-0.4, -0.2) is 19.1 Å². The lowest BCUT2D eigenvalue weighted by Crippen LogP contribution is -2.52. The molecule has 2 rings (SSSR count). The lowest BCUT2D eigenvalue weighted by Gasteiger charge is -2.35. The van der Waals surface area contributed by atoms with E-state index in [1.165, 1.54) is 37.5 Å². The van der Waals surface area contributed by atoms with Crippen molar-refractivity contribution in [1.82, 2.24) is 5.32 Å². The van der Waals surface area contributed by atoms with E-state index in [2.05, 4.69) is 37.4 Å². The number of hydrogen-bond donors (Lipinski definition) is 1. The molecule has 3 nitrogen and oxygen atoms in total. The molecule has 0 radical (unpaired) electrons. The first-order chi connectivity index (χ1) is 9.95. The Bertz CT molecular complexity index is 486. The maximum absolute atomic E-state index is 12.4. The van der Waals surface area contributed by atoms with Gasteiger partial charge in [0, 0.05) is 6.04 Å². The van der Waals surface area contributed by atoms with Crippen molar-refractivity contribution in [3.8, 4) is 0 Å². The van der Waals surface area contributed by atoms with Gasteiger partial charge >= 0.3 is 5.97 Å². The Morgan fingerprint density at radius 3 is 2.24 bits per heavy atom. The van der Waals surface area contributed by atoms with Crippen molar-refractivity contribution in [3.63, 3.8) is 0 Å². The molecule has 0 saturated heterocycles. The van der Waals surface area contributed by atoms with Crippen molar-refractivity contribution < 1.29 is 9.53 Å². The first kappa shape index (κ1) is 16.0. The van der Waals surface area contributed by atoms with E-state index in [4.69, 9.17) is 4.74 Å². The van der Waals surface area contributed by atoms with Crippen molar-refractivity contribution in [3.05, 3.63) is 34.9 Å². The molecule has 1 aliphatic rings. The molecule has 0 heterocycles. The van der Waals surface area contributed by atoms with Crippen LogP contribution in [0.3, 0.4) is 0 Å². The summed E-state index contributed by atoms with van der Waals surface area (Å²) in [6.45, 7) is 6.07. The number of carbonyl (C=O) groups is 1. The predicted octanol–water partition coefficient (Wildman–Crippen LogP) is 3.61. The second-order valence-corrected chi connectivity index (χ2v) is 6.47. The minimum Gasteiger partial charge on any atom is -0.467 e. The number of carbonyl (C=O) groups excluding carboxylic acids is 1. The van der Waals surface area contributed by atoms with Crippen molar-refractivity contribution >= 4 is 5.97 Å². The molecule has 1 aromatic carbocycles. The third-order valence-electron chi connectivity index (χ3n) is 4.49. The van der Waals surface area contributed by atoms with E-state index in [-0.39, 0.29) is 5.97 Å². The minimum atomic E-state index is -0.770. The van der Waals surface area contributed by atoms with Crippen LogP contribution in [0, 0.1) is 13.8 Å². The highest BCUT2D eigenvalue weighted by Gasteiger charge is 2.38. The highest BCUT2D eigenvalue weighted by molar-refractivity contribution is 5.82. The molecular formula is C18H27NO2. The molecule has 1 aromatic rings. The van der Waals surface area contributed by atoms with Crippen LogP contribution in [0.5, 0.6) is 0 Å². The van der Waals surface area contributed by atoms with Gasteiger partial charge in [-0.15, -0.1) is 0 Å². The quantitative estimate of drug-likeness (QED) is 0.860. The lowest BCUT2D eigenvalue weighted by molar-refractivity contribution is -0.148. The van der Waals surface area contributed by atoms with Gasteiger partial charge in [0.1, 0.15) is 5.54 Å². The molecule has 1 saturated carbocycles. The fourth-order valence-electron chi connectivity index (χ4n) is 3.38. The molecule has 1 unspecified atom stereocenters. The van der Waals surface area contributed by atoms with E-state index in [0.717, 1.165) is 18.4 Å². The van der Waals surface area contributed by atoms with Gasteiger partial charge in [-0.3, -0.25) is 5.32 Å². The Hall–Kier alpha value is -1.35. The van der Waals surface area contributed by atoms with E-state index < -0.39 is 5.54 Å². The topological polar surface area (TPSA) is 38.3 Å². The zero-order valence-corrected chi connectivity index (χ0v) is 13.7. The van der Waals surface area contributed by atoms with Crippen LogP contribution in [0.15, 0.2) is 18.2 Å². The summed E-state index contributed by atoms with van der Waals surface area (Å²) in [5.41, 5.74) is 2.57. The summed E-state index contributed by atoms with van der Waals surface area (Å²) in [7, 11) is 1.46. The average Bonchev–Trinajstić information content (AvgIpc) is 2.46. The summed E-state index contributed by atoms with van der Waals surface area (Å²) < 4.78 is 5.09. The second kappa shape index (κ2) is 6.61. The molecule has 0 aromatic heterocycles. The summed E-state index contributed by atoms with van der Waals surface area (Å²) in [6.07, 6.45) is 6.05. The maximum atomic E-state index is 12.4. The van der Waals surface area contributed by atoms with E-state index >= 15 is 0 Å². The molecule has 21 heavy (non-hydrogen) atoms. The number of nitrogens with one attached hydrogen (secondary N) is 1. The number of hydrogen-bond acceptors (Lipinski definition) is 3. The van der Waals surface area contributed by atoms with Crippen LogP contribution in [-0.2, 0) is 15.1 Å². The van der Waals surface area contributed by atoms with Crippen molar-refractivity contribution in [2.75, 3.05) is 7.11 Å². The molecule has 0 bridgehead atoms. The summed E-state index contributed by atoms with van der Waals surface area (Å²) >= 11 is 0. The van der Waals surface area contributed by atoms with Gasteiger partial charge in [-0.25, -0.2) is 4.79 Å². The molecule has 1 N–H and O–H groups in total. The summed E-state index contributed by atoms with van der Waals surface area (Å²) in [5.74, 6) is -0.210. The SMILES string of the molecule is COC(=O)C(C)(NC1CCCCC1)c1cc(C)cc(C)c1. The maximum Gasteiger partial charge on any atom is 0.330 e. The molecule has 1 aliphatic carbocycles. The van der Waals surface area contributed by atoms with Gasteiger partial charge in [-0.2, -0.15) is 0 Å². The monoisotopic (exact) mass is 289 g/mol. The van der Waals surface area contributed by atoms with E-state index in [1.54, 1.807) is 0 Å². The lowest BCUT2D eigenvalue weighted by atomic mass is 9.86. The Morgan fingerprint density at radius 2 is 1.71 bits per heavy atom. The van der Waals surface area contributed by atoms with Crippen LogP contribution in [0.25, 0.3) is 0 Å². The zero-order valence-electron chi connectivity index (χ0n) is 13.7. The number of aryl methyl sites for hydroxylation is 2. The van der Waals surface area contributed by atoms with Crippen LogP contribution in [0.2, 0.25) is 0 Å². The second-order valence-electron chi connectivity index (χ2n) is 6.47. The number of esters is 1. The van der Waals surface area contributed by atoms with E-state index in [1.807, 2.05) is 6.92 Å². The largest absolute Gasteiger partial charge is 0.467 e. The summed E-state index contributed by atoms with van der Waals surface area (Å²) in [6, 6.07) is 6.69. The molecule has 0 spiro atoms. The van der Waals surface area contributed by atoms with Gasteiger partial charge in [0.15, 0.2) is 0 Å². The van der Waals surface area contributed by atoms with Crippen molar-refractivity contribution in [1.29, 1.82) is 0 Å². The van der Waals surface area contributed by atoms with Gasteiger partial charge in [-0.1, -0.05) is 48.6 Å². The van der Waals surface area contributed by atoms with Crippen LogP contribution in [0.1, 0.15) is 55.7 Å². The van der Waals surface area contributed by atoms with Crippen LogP contribution < -0.4 is 5.32 Å². The normalized spacial score (nSPS) is 19.0. The third kappa shape index (κ3) is 3.65. The van der Waals surface area contributed by atoms with Crippen LogP contribution in [0.4, 0.5) is 0 Å². The number of methoxy groups -OCH3 is 1. The minimum absolute atomic E-state index is 0.210. The number of benzene rings is 1. The predicted molar refractivity (Wildman–Crippen MR) is 85.3 cm³/mol. The molecular weight excluding hydrogens is 262 g/mol. The first-order valence-corrected chi connectivity index (χ1v) is 7.90. The van der Waals surface area contributed by atoms with Gasteiger partial charge in [-0.05, 0) is 39.2 Å². The fourth-order valence-corrected chi connectivity index (χ4v) is 3.38. The van der Waals surface area contributed by atoms with Crippen molar-refractivity contribution in [2.24, 2.45) is 0 Å². The van der Waals surface area contributed by atoms with Crippen molar-refractivity contribution in [2.45, 2.75) is 64.5 Å². The first-order valence-electron chi connectivity index (χ1n) is 7.90. The molecule has 3 heteroatoms. The highest BCUT2D eigenvalue weighted by atomic mass is 16.5. The van der Waals surface area contributed by atoms with Gasteiger partial charge in [0.05, 0.1) is 7.11 Å². The molecule has 1 fully saturated rings. The van der Waals surface area contributed by atoms with E-state index in [9.17, 15) is 4.79 Å². The third-order valence-corrected chi connectivity index (χ3v) is 4.49. The Morgan fingerprint density at radius 1 is 1.14 bits per heavy atom. The zero-order chi connectivity index (χ0) is 15.5. The van der Waals surface area contributed by atoms with E-state index in [0.29, 0.717) is 6.04 Å².